The van der Waals surface area contributed by atoms with E-state index in [1.807, 2.05) is 13.8 Å². The normalized spacial score (nSPS) is 13.3. The predicted octanol–water partition coefficient (Wildman–Crippen LogP) is 3.03. The zero-order chi connectivity index (χ0) is 16.7. The van der Waals surface area contributed by atoms with Gasteiger partial charge in [0.1, 0.15) is 5.75 Å². The third kappa shape index (κ3) is 5.56. The predicted molar refractivity (Wildman–Crippen MR) is 85.3 cm³/mol. The molecule has 0 saturated carbocycles. The van der Waals surface area contributed by atoms with E-state index in [0.717, 1.165) is 12.0 Å². The summed E-state index contributed by atoms with van der Waals surface area (Å²) in [6, 6.07) is 5.15. The Morgan fingerprint density at radius 3 is 2.64 bits per heavy atom. The highest BCUT2D eigenvalue weighted by Gasteiger charge is 2.20. The molecule has 5 nitrogen and oxygen atoms in total. The highest BCUT2D eigenvalue weighted by molar-refractivity contribution is 6.31. The van der Waals surface area contributed by atoms with Gasteiger partial charge in [-0.25, -0.2) is 0 Å². The van der Waals surface area contributed by atoms with Crippen LogP contribution >= 0.6 is 11.6 Å². The second-order valence-corrected chi connectivity index (χ2v) is 5.65. The third-order valence-corrected chi connectivity index (χ3v) is 3.74. The Kier molecular flexibility index (Phi) is 7.18. The molecule has 2 N–H and O–H groups in total. The number of aryl methyl sites for hydroxylation is 1. The van der Waals surface area contributed by atoms with Crippen molar-refractivity contribution in [2.45, 2.75) is 39.7 Å². The van der Waals surface area contributed by atoms with Gasteiger partial charge in [0.15, 0.2) is 6.10 Å². The highest BCUT2D eigenvalue weighted by atomic mass is 35.5. The molecular formula is C16H22ClNO4. The van der Waals surface area contributed by atoms with Crippen molar-refractivity contribution in [2.24, 2.45) is 5.92 Å². The lowest BCUT2D eigenvalue weighted by Gasteiger charge is -2.17. The van der Waals surface area contributed by atoms with Gasteiger partial charge in [-0.2, -0.15) is 0 Å². The second kappa shape index (κ2) is 8.63. The Labute approximate surface area is 135 Å². The van der Waals surface area contributed by atoms with E-state index in [4.69, 9.17) is 21.4 Å². The fourth-order valence-electron chi connectivity index (χ4n) is 1.98. The first kappa shape index (κ1) is 18.3. The summed E-state index contributed by atoms with van der Waals surface area (Å²) < 4.78 is 5.55. The third-order valence-electron chi connectivity index (χ3n) is 3.32. The number of carbonyl (C=O) groups is 2. The minimum absolute atomic E-state index is 0.107. The van der Waals surface area contributed by atoms with Gasteiger partial charge < -0.3 is 15.2 Å². The molecule has 22 heavy (non-hydrogen) atoms. The van der Waals surface area contributed by atoms with Gasteiger partial charge in [0.05, 0.1) is 5.92 Å². The van der Waals surface area contributed by atoms with Crippen LogP contribution in [0.5, 0.6) is 5.75 Å². The zero-order valence-corrected chi connectivity index (χ0v) is 13.8. The minimum Gasteiger partial charge on any atom is -0.481 e. The number of ether oxygens (including phenoxy) is 1. The molecule has 1 aromatic carbocycles. The summed E-state index contributed by atoms with van der Waals surface area (Å²) in [6.45, 7) is 5.48. The maximum Gasteiger partial charge on any atom is 0.308 e. The van der Waals surface area contributed by atoms with Crippen LogP contribution in [0.3, 0.4) is 0 Å². The molecule has 0 fully saturated rings. The van der Waals surface area contributed by atoms with Crippen LogP contribution in [0, 0.1) is 12.8 Å². The number of carboxylic acid groups (broad SMARTS) is 1. The molecule has 0 aromatic heterocycles. The minimum atomic E-state index is -0.899. The SMILES string of the molecule is CCCC(CNC(=O)C(C)Oc1ccc(Cl)c(C)c1)C(=O)O. The van der Waals surface area contributed by atoms with Crippen LogP contribution in [-0.4, -0.2) is 29.6 Å². The maximum absolute atomic E-state index is 12.0. The van der Waals surface area contributed by atoms with Crippen molar-refractivity contribution < 1.29 is 19.4 Å². The van der Waals surface area contributed by atoms with E-state index in [1.165, 1.54) is 0 Å². The van der Waals surface area contributed by atoms with Gasteiger partial charge in [-0.05, 0) is 44.0 Å². The van der Waals surface area contributed by atoms with Gasteiger partial charge >= 0.3 is 5.97 Å². The van der Waals surface area contributed by atoms with Crippen molar-refractivity contribution in [2.75, 3.05) is 6.54 Å². The van der Waals surface area contributed by atoms with Crippen molar-refractivity contribution in [1.82, 2.24) is 5.32 Å². The van der Waals surface area contributed by atoms with E-state index in [0.29, 0.717) is 17.2 Å². The number of carboxylic acids is 1. The molecule has 2 unspecified atom stereocenters. The number of rotatable bonds is 8. The Morgan fingerprint density at radius 2 is 2.09 bits per heavy atom. The van der Waals surface area contributed by atoms with Crippen LogP contribution in [-0.2, 0) is 9.59 Å². The lowest BCUT2D eigenvalue weighted by atomic mass is 10.0. The van der Waals surface area contributed by atoms with E-state index in [2.05, 4.69) is 5.32 Å². The number of hydrogen-bond donors (Lipinski definition) is 2. The van der Waals surface area contributed by atoms with E-state index >= 15 is 0 Å². The van der Waals surface area contributed by atoms with Gasteiger partial charge in [-0.3, -0.25) is 9.59 Å². The molecule has 0 aliphatic heterocycles. The van der Waals surface area contributed by atoms with Crippen molar-refractivity contribution in [3.63, 3.8) is 0 Å². The van der Waals surface area contributed by atoms with E-state index in [1.54, 1.807) is 25.1 Å². The smallest absolute Gasteiger partial charge is 0.308 e. The molecule has 1 rings (SSSR count). The van der Waals surface area contributed by atoms with Gasteiger partial charge in [-0.15, -0.1) is 0 Å². The molecule has 1 amide bonds. The lowest BCUT2D eigenvalue weighted by Crippen LogP contribution is -2.40. The fraction of sp³-hybridized carbons (Fsp3) is 0.500. The fourth-order valence-corrected chi connectivity index (χ4v) is 2.09. The average Bonchev–Trinajstić information content (AvgIpc) is 2.46. The zero-order valence-electron chi connectivity index (χ0n) is 13.1. The van der Waals surface area contributed by atoms with E-state index in [-0.39, 0.29) is 12.5 Å². The number of nitrogens with one attached hydrogen (secondary N) is 1. The van der Waals surface area contributed by atoms with Crippen LogP contribution in [0.4, 0.5) is 0 Å². The van der Waals surface area contributed by atoms with Crippen molar-refractivity contribution in [3.8, 4) is 5.75 Å². The molecule has 0 aliphatic rings. The Morgan fingerprint density at radius 1 is 1.41 bits per heavy atom. The number of halogens is 1. The summed E-state index contributed by atoms with van der Waals surface area (Å²) in [7, 11) is 0. The first-order chi connectivity index (χ1) is 10.3. The number of carbonyl (C=O) groups excluding carboxylic acids is 1. The van der Waals surface area contributed by atoms with Crippen LogP contribution < -0.4 is 10.1 Å². The van der Waals surface area contributed by atoms with Crippen molar-refractivity contribution >= 4 is 23.5 Å². The summed E-state index contributed by atoms with van der Waals surface area (Å²) in [5, 5.41) is 12.3. The largest absolute Gasteiger partial charge is 0.481 e. The topological polar surface area (TPSA) is 75.6 Å². The Bertz CT molecular complexity index is 533. The van der Waals surface area contributed by atoms with Gasteiger partial charge in [0.25, 0.3) is 5.91 Å². The molecule has 122 valence electrons. The van der Waals surface area contributed by atoms with Gasteiger partial charge in [0, 0.05) is 11.6 Å². The Balaban J connectivity index is 2.54. The number of aliphatic carboxylic acids is 1. The molecule has 2 atom stereocenters. The summed E-state index contributed by atoms with van der Waals surface area (Å²) >= 11 is 5.93. The van der Waals surface area contributed by atoms with Crippen molar-refractivity contribution in [1.29, 1.82) is 0 Å². The summed E-state index contributed by atoms with van der Waals surface area (Å²) in [5.74, 6) is -1.26. The molecule has 0 radical (unpaired) electrons. The maximum atomic E-state index is 12.0. The molecule has 0 saturated heterocycles. The second-order valence-electron chi connectivity index (χ2n) is 5.24. The quantitative estimate of drug-likeness (QED) is 0.769. The standard InChI is InChI=1S/C16H22ClNO4/c1-4-5-12(16(20)21)9-18-15(19)11(3)22-13-6-7-14(17)10(2)8-13/h6-8,11-12H,4-5,9H2,1-3H3,(H,18,19)(H,20,21). The van der Waals surface area contributed by atoms with Gasteiger partial charge in [-0.1, -0.05) is 24.9 Å². The molecule has 0 heterocycles. The van der Waals surface area contributed by atoms with Crippen LogP contribution in [0.2, 0.25) is 5.02 Å². The number of hydrogen-bond acceptors (Lipinski definition) is 3. The summed E-state index contributed by atoms with van der Waals surface area (Å²) in [6.07, 6.45) is 0.570. The number of amides is 1. The molecule has 0 bridgehead atoms. The van der Waals surface area contributed by atoms with Crippen molar-refractivity contribution in [3.05, 3.63) is 28.8 Å². The molecule has 6 heteroatoms. The van der Waals surface area contributed by atoms with Crippen LogP contribution in [0.1, 0.15) is 32.3 Å². The summed E-state index contributed by atoms with van der Waals surface area (Å²) in [5.41, 5.74) is 0.862. The van der Waals surface area contributed by atoms with E-state index in [9.17, 15) is 9.59 Å². The van der Waals surface area contributed by atoms with Crippen LogP contribution in [0.25, 0.3) is 0 Å². The molecule has 1 aromatic rings. The average molecular weight is 328 g/mol. The molecule has 0 spiro atoms. The van der Waals surface area contributed by atoms with E-state index < -0.39 is 18.0 Å². The molecular weight excluding hydrogens is 306 g/mol. The number of benzene rings is 1. The first-order valence-electron chi connectivity index (χ1n) is 7.28. The first-order valence-corrected chi connectivity index (χ1v) is 7.66. The van der Waals surface area contributed by atoms with Crippen LogP contribution in [0.15, 0.2) is 18.2 Å². The molecule has 0 aliphatic carbocycles. The Hall–Kier alpha value is -1.75. The lowest BCUT2D eigenvalue weighted by molar-refractivity contribution is -0.142. The summed E-state index contributed by atoms with van der Waals surface area (Å²) in [4.78, 5) is 23.0. The highest BCUT2D eigenvalue weighted by Crippen LogP contribution is 2.21. The van der Waals surface area contributed by atoms with Gasteiger partial charge in [0.2, 0.25) is 0 Å². The monoisotopic (exact) mass is 327 g/mol.